The molecule has 0 spiro atoms. The van der Waals surface area contributed by atoms with Crippen LogP contribution in [-0.4, -0.2) is 37.5 Å². The Morgan fingerprint density at radius 3 is 2.76 bits per heavy atom. The molecule has 0 bridgehead atoms. The van der Waals surface area contributed by atoms with Crippen LogP contribution in [0.1, 0.15) is 37.8 Å². The van der Waals surface area contributed by atoms with Crippen LogP contribution >= 0.6 is 11.8 Å². The first kappa shape index (κ1) is 22.4. The number of nitrogens with zero attached hydrogens (tertiary/aromatic N) is 5. The summed E-state index contributed by atoms with van der Waals surface area (Å²) in [5.41, 5.74) is 3.29. The van der Waals surface area contributed by atoms with E-state index in [9.17, 15) is 9.59 Å². The van der Waals surface area contributed by atoms with Gasteiger partial charge in [-0.3, -0.25) is 14.2 Å². The molecular formula is C26H27N5O2S. The highest BCUT2D eigenvalue weighted by molar-refractivity contribution is 7.99. The van der Waals surface area contributed by atoms with Gasteiger partial charge in [-0.2, -0.15) is 5.10 Å². The maximum absolute atomic E-state index is 13.5. The fourth-order valence-electron chi connectivity index (χ4n) is 4.36. The Hall–Kier alpha value is -3.39. The van der Waals surface area contributed by atoms with Gasteiger partial charge in [0.1, 0.15) is 5.39 Å². The van der Waals surface area contributed by atoms with E-state index in [0.29, 0.717) is 28.5 Å². The molecule has 7 nitrogen and oxygen atoms in total. The quantitative estimate of drug-likeness (QED) is 0.362. The van der Waals surface area contributed by atoms with Crippen LogP contribution in [-0.2, 0) is 4.79 Å². The molecule has 3 heterocycles. The van der Waals surface area contributed by atoms with Crippen molar-refractivity contribution in [2.24, 2.45) is 0 Å². The number of unbranched alkanes of at least 4 members (excludes halogenated alkanes) is 1. The van der Waals surface area contributed by atoms with E-state index in [0.717, 1.165) is 29.8 Å². The highest BCUT2D eigenvalue weighted by atomic mass is 32.2. The molecule has 0 N–H and O–H groups in total. The van der Waals surface area contributed by atoms with Crippen molar-refractivity contribution in [3.8, 4) is 5.69 Å². The average Bonchev–Trinajstić information content (AvgIpc) is 3.45. The van der Waals surface area contributed by atoms with Gasteiger partial charge >= 0.3 is 0 Å². The van der Waals surface area contributed by atoms with Crippen LogP contribution in [0.2, 0.25) is 0 Å². The summed E-state index contributed by atoms with van der Waals surface area (Å²) < 4.78 is 3.40. The van der Waals surface area contributed by atoms with Crippen LogP contribution in [0.15, 0.2) is 70.7 Å². The van der Waals surface area contributed by atoms with Crippen molar-refractivity contribution in [3.63, 3.8) is 0 Å². The molecule has 0 saturated heterocycles. The Morgan fingerprint density at radius 1 is 1.18 bits per heavy atom. The Kier molecular flexibility index (Phi) is 6.24. The number of hydrogen-bond acceptors (Lipinski definition) is 5. The Labute approximate surface area is 202 Å². The van der Waals surface area contributed by atoms with Gasteiger partial charge in [0.15, 0.2) is 10.8 Å². The molecule has 0 aliphatic carbocycles. The molecule has 1 atom stereocenters. The van der Waals surface area contributed by atoms with E-state index in [-0.39, 0.29) is 23.9 Å². The molecule has 34 heavy (non-hydrogen) atoms. The highest BCUT2D eigenvalue weighted by Gasteiger charge is 2.31. The van der Waals surface area contributed by atoms with Gasteiger partial charge in [0, 0.05) is 24.4 Å². The lowest BCUT2D eigenvalue weighted by molar-refractivity contribution is -0.119. The van der Waals surface area contributed by atoms with E-state index < -0.39 is 0 Å². The summed E-state index contributed by atoms with van der Waals surface area (Å²) in [5, 5.41) is 5.56. The number of carbonyl (C=O) groups is 1. The minimum absolute atomic E-state index is 0.0283. The molecule has 0 fully saturated rings. The number of para-hydroxylation sites is 1. The number of anilines is 1. The molecule has 174 valence electrons. The number of carbonyl (C=O) groups excluding carboxylic acids is 1. The van der Waals surface area contributed by atoms with E-state index in [1.807, 2.05) is 66.4 Å². The predicted octanol–water partition coefficient (Wildman–Crippen LogP) is 4.76. The van der Waals surface area contributed by atoms with Crippen molar-refractivity contribution in [3.05, 3.63) is 76.7 Å². The zero-order valence-corrected chi connectivity index (χ0v) is 20.2. The van der Waals surface area contributed by atoms with Gasteiger partial charge < -0.3 is 4.90 Å². The third-order valence-corrected chi connectivity index (χ3v) is 7.23. The average molecular weight is 474 g/mol. The molecular weight excluding hydrogens is 446 g/mol. The number of hydrogen-bond donors (Lipinski definition) is 0. The van der Waals surface area contributed by atoms with Crippen LogP contribution in [0.3, 0.4) is 0 Å². The molecule has 1 amide bonds. The summed E-state index contributed by atoms with van der Waals surface area (Å²) in [7, 11) is 0. The van der Waals surface area contributed by atoms with E-state index in [1.54, 1.807) is 15.4 Å². The SMILES string of the molecule is CCCCN(C(=O)CC1CSc2nc3c(cnn3-c3cccc(C)c3)c(=O)n21)c1ccccc1. The largest absolute Gasteiger partial charge is 0.312 e. The number of rotatable bonds is 7. The lowest BCUT2D eigenvalue weighted by atomic mass is 10.1. The fourth-order valence-corrected chi connectivity index (χ4v) is 5.49. The number of aryl methyl sites for hydroxylation is 1. The lowest BCUT2D eigenvalue weighted by Crippen LogP contribution is -2.35. The van der Waals surface area contributed by atoms with Crippen LogP contribution in [0.25, 0.3) is 16.7 Å². The van der Waals surface area contributed by atoms with Crippen LogP contribution in [0, 0.1) is 6.92 Å². The lowest BCUT2D eigenvalue weighted by Gasteiger charge is -2.24. The van der Waals surface area contributed by atoms with Crippen LogP contribution in [0.4, 0.5) is 5.69 Å². The van der Waals surface area contributed by atoms with Crippen molar-refractivity contribution in [2.75, 3.05) is 17.2 Å². The number of aromatic nitrogens is 4. The smallest absolute Gasteiger partial charge is 0.265 e. The van der Waals surface area contributed by atoms with Gasteiger partial charge in [-0.05, 0) is 43.2 Å². The van der Waals surface area contributed by atoms with Gasteiger partial charge in [-0.25, -0.2) is 9.67 Å². The first-order chi connectivity index (χ1) is 16.6. The highest BCUT2D eigenvalue weighted by Crippen LogP contribution is 2.34. The summed E-state index contributed by atoms with van der Waals surface area (Å²) in [4.78, 5) is 33.5. The Bertz CT molecular complexity index is 1400. The summed E-state index contributed by atoms with van der Waals surface area (Å²) in [6, 6.07) is 17.5. The van der Waals surface area contributed by atoms with E-state index in [1.165, 1.54) is 11.8 Å². The molecule has 2 aromatic heterocycles. The van der Waals surface area contributed by atoms with Gasteiger partial charge in [-0.15, -0.1) is 0 Å². The monoisotopic (exact) mass is 473 g/mol. The second kappa shape index (κ2) is 9.46. The Morgan fingerprint density at radius 2 is 2.00 bits per heavy atom. The molecule has 1 unspecified atom stereocenters. The molecule has 0 radical (unpaired) electrons. The molecule has 1 aliphatic rings. The second-order valence-electron chi connectivity index (χ2n) is 8.61. The minimum Gasteiger partial charge on any atom is -0.312 e. The van der Waals surface area contributed by atoms with E-state index in [2.05, 4.69) is 12.0 Å². The molecule has 2 aromatic carbocycles. The van der Waals surface area contributed by atoms with Crippen molar-refractivity contribution < 1.29 is 4.79 Å². The summed E-state index contributed by atoms with van der Waals surface area (Å²) in [6.07, 6.45) is 3.78. The molecule has 4 aromatic rings. The molecule has 1 aliphatic heterocycles. The topological polar surface area (TPSA) is 73.0 Å². The van der Waals surface area contributed by atoms with Gasteiger partial charge in [-0.1, -0.05) is 55.4 Å². The van der Waals surface area contributed by atoms with E-state index in [4.69, 9.17) is 4.98 Å². The summed E-state index contributed by atoms with van der Waals surface area (Å²) >= 11 is 1.52. The zero-order valence-electron chi connectivity index (χ0n) is 19.3. The van der Waals surface area contributed by atoms with Gasteiger partial charge in [0.05, 0.1) is 17.9 Å². The molecule has 0 saturated carbocycles. The number of fused-ring (bicyclic) bond motifs is 2. The third-order valence-electron chi connectivity index (χ3n) is 6.13. The van der Waals surface area contributed by atoms with Crippen molar-refractivity contribution >= 4 is 34.4 Å². The third kappa shape index (κ3) is 4.14. The standard InChI is InChI=1S/C26H27N5O2S/c1-3-4-13-29(19-10-6-5-7-11-19)23(32)15-21-17-34-26-28-24-22(25(33)30(21)26)16-27-31(24)20-12-8-9-18(2)14-20/h5-12,14,16,21H,3-4,13,15,17H2,1-2H3. The number of benzene rings is 2. The normalized spacial score (nSPS) is 14.9. The summed E-state index contributed by atoms with van der Waals surface area (Å²) in [5.74, 6) is 0.676. The summed E-state index contributed by atoms with van der Waals surface area (Å²) in [6.45, 7) is 4.80. The molecule has 5 rings (SSSR count). The maximum atomic E-state index is 13.5. The minimum atomic E-state index is -0.230. The maximum Gasteiger partial charge on any atom is 0.265 e. The number of thioether (sulfide) groups is 1. The first-order valence-electron chi connectivity index (χ1n) is 11.6. The Balaban J connectivity index is 1.46. The zero-order chi connectivity index (χ0) is 23.7. The number of amides is 1. The predicted molar refractivity (Wildman–Crippen MR) is 136 cm³/mol. The van der Waals surface area contributed by atoms with Crippen molar-refractivity contribution in [1.82, 2.24) is 19.3 Å². The van der Waals surface area contributed by atoms with Gasteiger partial charge in [0.25, 0.3) is 5.56 Å². The van der Waals surface area contributed by atoms with Crippen molar-refractivity contribution in [2.45, 2.75) is 44.3 Å². The van der Waals surface area contributed by atoms with Crippen LogP contribution in [0.5, 0.6) is 0 Å². The molecule has 8 heteroatoms. The fraction of sp³-hybridized carbons (Fsp3) is 0.308. The second-order valence-corrected chi connectivity index (χ2v) is 9.59. The van der Waals surface area contributed by atoms with Crippen LogP contribution < -0.4 is 10.5 Å². The van der Waals surface area contributed by atoms with E-state index >= 15 is 0 Å². The van der Waals surface area contributed by atoms with Gasteiger partial charge in [0.2, 0.25) is 5.91 Å². The first-order valence-corrected chi connectivity index (χ1v) is 12.6. The van der Waals surface area contributed by atoms with Crippen molar-refractivity contribution in [1.29, 1.82) is 0 Å².